The van der Waals surface area contributed by atoms with E-state index in [1.54, 1.807) is 25.1 Å². The second-order valence-electron chi connectivity index (χ2n) is 9.28. The third-order valence-corrected chi connectivity index (χ3v) is 8.86. The highest BCUT2D eigenvalue weighted by Crippen LogP contribution is 2.25. The van der Waals surface area contributed by atoms with Crippen molar-refractivity contribution in [2.75, 3.05) is 45.8 Å². The Morgan fingerprint density at radius 1 is 1.09 bits per heavy atom. The molecule has 180 valence electrons. The number of benzene rings is 1. The van der Waals surface area contributed by atoms with Crippen molar-refractivity contribution in [3.8, 4) is 0 Å². The van der Waals surface area contributed by atoms with Crippen molar-refractivity contribution in [1.29, 1.82) is 0 Å². The normalized spacial score (nSPS) is 23.6. The topological polar surface area (TPSA) is 70.2 Å². The average molecular weight is 466 g/mol. The molecule has 8 heteroatoms. The van der Waals surface area contributed by atoms with Crippen LogP contribution in [0.5, 0.6) is 0 Å². The Kier molecular flexibility index (Phi) is 8.36. The zero-order valence-corrected chi connectivity index (χ0v) is 21.0. The predicted octanol–water partition coefficient (Wildman–Crippen LogP) is 2.99. The third kappa shape index (κ3) is 5.71. The first kappa shape index (κ1) is 25.1. The maximum absolute atomic E-state index is 13.2. The van der Waals surface area contributed by atoms with Gasteiger partial charge in [-0.05, 0) is 57.2 Å². The Morgan fingerprint density at radius 2 is 1.69 bits per heavy atom. The van der Waals surface area contributed by atoms with Crippen LogP contribution < -0.4 is 0 Å². The first-order valence-electron chi connectivity index (χ1n) is 11.9. The molecule has 32 heavy (non-hydrogen) atoms. The van der Waals surface area contributed by atoms with Crippen LogP contribution in [0.15, 0.2) is 23.1 Å². The number of hydrogen-bond donors (Lipinski definition) is 0. The summed E-state index contributed by atoms with van der Waals surface area (Å²) in [5.41, 5.74) is 1.12. The number of nitrogens with zero attached hydrogens (tertiary/aromatic N) is 3. The van der Waals surface area contributed by atoms with Crippen LogP contribution in [0.2, 0.25) is 0 Å². The van der Waals surface area contributed by atoms with E-state index in [0.717, 1.165) is 32.5 Å². The molecule has 0 radical (unpaired) electrons. The summed E-state index contributed by atoms with van der Waals surface area (Å²) < 4.78 is 33.3. The Labute approximate surface area is 193 Å². The molecule has 2 unspecified atom stereocenters. The summed E-state index contributed by atoms with van der Waals surface area (Å²) in [6.07, 6.45) is 2.48. The van der Waals surface area contributed by atoms with Crippen LogP contribution in [0.25, 0.3) is 0 Å². The summed E-state index contributed by atoms with van der Waals surface area (Å²) in [4.78, 5) is 17.8. The lowest BCUT2D eigenvalue weighted by Crippen LogP contribution is -2.48. The Morgan fingerprint density at radius 3 is 2.25 bits per heavy atom. The van der Waals surface area contributed by atoms with Crippen molar-refractivity contribution in [3.63, 3.8) is 0 Å². The number of morpholine rings is 1. The number of carbonyl (C=O) groups excluding carboxylic acids is 1. The minimum absolute atomic E-state index is 0.0759. The average Bonchev–Trinajstić information content (AvgIpc) is 2.74. The Bertz CT molecular complexity index is 883. The van der Waals surface area contributed by atoms with E-state index in [4.69, 9.17) is 4.74 Å². The molecule has 0 bridgehead atoms. The van der Waals surface area contributed by atoms with Crippen molar-refractivity contribution in [1.82, 2.24) is 14.1 Å². The molecule has 2 heterocycles. The largest absolute Gasteiger partial charge is 0.373 e. The number of carbonyl (C=O) groups is 1. The van der Waals surface area contributed by atoms with Crippen LogP contribution in [-0.4, -0.2) is 86.5 Å². The second kappa shape index (κ2) is 10.6. The molecule has 1 aromatic carbocycles. The van der Waals surface area contributed by atoms with E-state index in [2.05, 4.69) is 18.7 Å². The summed E-state index contributed by atoms with van der Waals surface area (Å²) in [5.74, 6) is 0.501. The molecule has 2 atom stereocenters. The summed E-state index contributed by atoms with van der Waals surface area (Å²) in [6, 6.07) is 5.06. The smallest absolute Gasteiger partial charge is 0.253 e. The second-order valence-corrected chi connectivity index (χ2v) is 11.2. The molecule has 0 spiro atoms. The highest BCUT2D eigenvalue weighted by Gasteiger charge is 2.30. The number of sulfonamides is 1. The lowest BCUT2D eigenvalue weighted by atomic mass is 9.95. The number of amides is 1. The van der Waals surface area contributed by atoms with Crippen molar-refractivity contribution < 1.29 is 17.9 Å². The lowest BCUT2D eigenvalue weighted by Gasteiger charge is -2.39. The fourth-order valence-corrected chi connectivity index (χ4v) is 6.72. The van der Waals surface area contributed by atoms with Crippen LogP contribution in [-0.2, 0) is 14.8 Å². The van der Waals surface area contributed by atoms with E-state index >= 15 is 0 Å². The van der Waals surface area contributed by atoms with Crippen molar-refractivity contribution in [2.24, 2.45) is 5.92 Å². The van der Waals surface area contributed by atoms with Crippen LogP contribution in [0, 0.1) is 12.8 Å². The van der Waals surface area contributed by atoms with Crippen LogP contribution >= 0.6 is 0 Å². The molecule has 2 saturated heterocycles. The number of hydrogen-bond acceptors (Lipinski definition) is 5. The zero-order chi connectivity index (χ0) is 23.5. The summed E-state index contributed by atoms with van der Waals surface area (Å²) >= 11 is 0. The van der Waals surface area contributed by atoms with Crippen molar-refractivity contribution in [3.05, 3.63) is 29.3 Å². The van der Waals surface area contributed by atoms with E-state index in [1.165, 1.54) is 4.31 Å². The van der Waals surface area contributed by atoms with Crippen LogP contribution in [0.1, 0.15) is 56.5 Å². The number of aryl methyl sites for hydroxylation is 1. The fraction of sp³-hybridized carbons (Fsp3) is 0.708. The molecule has 7 nitrogen and oxygen atoms in total. The van der Waals surface area contributed by atoms with E-state index in [-0.39, 0.29) is 23.0 Å². The SMILES string of the molecule is CCN(CC)S(=O)(=O)c1cc(C(=O)N2CCC(CN3CC(C)OC(C)C3)CC2)ccc1C. The van der Waals surface area contributed by atoms with E-state index in [0.29, 0.717) is 43.2 Å². The van der Waals surface area contributed by atoms with Gasteiger partial charge in [-0.2, -0.15) is 4.31 Å². The molecule has 2 aliphatic heterocycles. The predicted molar refractivity (Wildman–Crippen MR) is 126 cm³/mol. The van der Waals surface area contributed by atoms with Gasteiger partial charge in [-0.15, -0.1) is 0 Å². The minimum atomic E-state index is -3.61. The molecule has 0 N–H and O–H groups in total. The van der Waals surface area contributed by atoms with E-state index < -0.39 is 10.0 Å². The third-order valence-electron chi connectivity index (χ3n) is 6.67. The molecule has 0 aromatic heterocycles. The van der Waals surface area contributed by atoms with Crippen molar-refractivity contribution in [2.45, 2.75) is 64.6 Å². The van der Waals surface area contributed by atoms with Gasteiger partial charge in [0.1, 0.15) is 0 Å². The maximum Gasteiger partial charge on any atom is 0.253 e. The minimum Gasteiger partial charge on any atom is -0.373 e. The van der Waals surface area contributed by atoms with Gasteiger partial charge < -0.3 is 9.64 Å². The van der Waals surface area contributed by atoms with E-state index in [9.17, 15) is 13.2 Å². The zero-order valence-electron chi connectivity index (χ0n) is 20.2. The van der Waals surface area contributed by atoms with Crippen molar-refractivity contribution >= 4 is 15.9 Å². The van der Waals surface area contributed by atoms with Crippen LogP contribution in [0.4, 0.5) is 0 Å². The summed E-state index contributed by atoms with van der Waals surface area (Å²) in [7, 11) is -3.61. The monoisotopic (exact) mass is 465 g/mol. The Hall–Kier alpha value is -1.48. The molecule has 0 aliphatic carbocycles. The summed E-state index contributed by atoms with van der Waals surface area (Å²) in [5, 5.41) is 0. The number of ether oxygens (including phenoxy) is 1. The van der Waals surface area contributed by atoms with Gasteiger partial charge in [0, 0.05) is 51.4 Å². The molecular formula is C24H39N3O4S. The molecule has 1 aromatic rings. The number of rotatable bonds is 7. The van der Waals surface area contributed by atoms with Gasteiger partial charge in [0.2, 0.25) is 10.0 Å². The first-order chi connectivity index (χ1) is 15.1. The van der Waals surface area contributed by atoms with Gasteiger partial charge in [0.25, 0.3) is 5.91 Å². The standard InChI is InChI=1S/C24H39N3O4S/c1-6-27(7-2)32(29,30)23-14-22(9-8-18(23)3)24(28)26-12-10-21(11-13-26)17-25-15-19(4)31-20(5)16-25/h8-9,14,19-21H,6-7,10-13,15-17H2,1-5H3. The quantitative estimate of drug-likeness (QED) is 0.619. The molecule has 1 amide bonds. The van der Waals surface area contributed by atoms with Gasteiger partial charge in [0.05, 0.1) is 17.1 Å². The van der Waals surface area contributed by atoms with Gasteiger partial charge >= 0.3 is 0 Å². The highest BCUT2D eigenvalue weighted by atomic mass is 32.2. The Balaban J connectivity index is 1.64. The number of piperidine rings is 1. The van der Waals surface area contributed by atoms with Gasteiger partial charge in [0.15, 0.2) is 0 Å². The van der Waals surface area contributed by atoms with E-state index in [1.807, 2.05) is 18.7 Å². The maximum atomic E-state index is 13.2. The first-order valence-corrected chi connectivity index (χ1v) is 13.4. The lowest BCUT2D eigenvalue weighted by molar-refractivity contribution is -0.0728. The van der Waals surface area contributed by atoms with Gasteiger partial charge in [-0.25, -0.2) is 8.42 Å². The van der Waals surface area contributed by atoms with Crippen LogP contribution in [0.3, 0.4) is 0 Å². The molecule has 0 saturated carbocycles. The highest BCUT2D eigenvalue weighted by molar-refractivity contribution is 7.89. The summed E-state index contributed by atoms with van der Waals surface area (Å²) in [6.45, 7) is 14.9. The molecule has 3 rings (SSSR count). The number of likely N-dealkylation sites (tertiary alicyclic amines) is 1. The van der Waals surface area contributed by atoms with Gasteiger partial charge in [-0.3, -0.25) is 9.69 Å². The molecule has 2 aliphatic rings. The van der Waals surface area contributed by atoms with Gasteiger partial charge in [-0.1, -0.05) is 19.9 Å². The molecule has 2 fully saturated rings. The molecular weight excluding hydrogens is 426 g/mol. The fourth-order valence-electron chi connectivity index (χ4n) is 5.01.